The quantitative estimate of drug-likeness (QED) is 0.255. The molecule has 24 heavy (non-hydrogen) atoms. The Morgan fingerprint density at radius 1 is 1.42 bits per heavy atom. The van der Waals surface area contributed by atoms with E-state index in [2.05, 4.69) is 17.1 Å². The molecule has 0 fully saturated rings. The second kappa shape index (κ2) is 8.80. The molecule has 1 N–H and O–H groups in total. The molecule has 0 bridgehead atoms. The first-order chi connectivity index (χ1) is 11.6. The summed E-state index contributed by atoms with van der Waals surface area (Å²) in [6, 6.07) is 6.77. The monoisotopic (exact) mass is 334 g/mol. The molecule has 1 aromatic rings. The summed E-state index contributed by atoms with van der Waals surface area (Å²) in [5.74, 6) is -0.612. The first-order valence-electron chi connectivity index (χ1n) is 7.30. The van der Waals surface area contributed by atoms with Gasteiger partial charge in [0.2, 0.25) is 5.90 Å². The number of nitrogens with one attached hydrogen (secondary N) is 1. The van der Waals surface area contributed by atoms with Crippen molar-refractivity contribution in [2.24, 2.45) is 4.99 Å². The molecule has 1 atom stereocenters. The van der Waals surface area contributed by atoms with Gasteiger partial charge in [-0.05, 0) is 17.7 Å². The van der Waals surface area contributed by atoms with Gasteiger partial charge in [0.1, 0.15) is 0 Å². The molecule has 1 heterocycles. The Hall–Kier alpha value is -2.71. The van der Waals surface area contributed by atoms with Crippen molar-refractivity contribution in [1.82, 2.24) is 5.48 Å². The molecule has 0 aromatic heterocycles. The van der Waals surface area contributed by atoms with Gasteiger partial charge in [-0.25, -0.2) is 14.6 Å². The number of ether oxygens (including phenoxy) is 1. The van der Waals surface area contributed by atoms with Crippen LogP contribution in [0.3, 0.4) is 0 Å². The molecule has 0 aliphatic carbocycles. The summed E-state index contributed by atoms with van der Waals surface area (Å²) >= 11 is 0. The number of hydrogen-bond donors (Lipinski definition) is 1. The van der Waals surface area contributed by atoms with Gasteiger partial charge in [0.15, 0.2) is 6.17 Å². The van der Waals surface area contributed by atoms with Gasteiger partial charge in [0.25, 0.3) is 0 Å². The van der Waals surface area contributed by atoms with Gasteiger partial charge >= 0.3 is 11.9 Å². The highest BCUT2D eigenvalue weighted by atomic mass is 17.2. The molecule has 2 rings (SSSR count). The summed E-state index contributed by atoms with van der Waals surface area (Å²) in [7, 11) is 0. The second-order valence-corrected chi connectivity index (χ2v) is 4.81. The molecular weight excluding hydrogens is 316 g/mol. The van der Waals surface area contributed by atoms with Crippen molar-refractivity contribution in [3.63, 3.8) is 0 Å². The lowest BCUT2D eigenvalue weighted by molar-refractivity contribution is -0.242. The van der Waals surface area contributed by atoms with Gasteiger partial charge in [0.05, 0.1) is 18.8 Å². The van der Waals surface area contributed by atoms with Gasteiger partial charge in [-0.3, -0.25) is 4.89 Å². The lowest BCUT2D eigenvalue weighted by atomic mass is 10.1. The minimum Gasteiger partial charge on any atom is -0.462 e. The van der Waals surface area contributed by atoms with Crippen LogP contribution in [0.2, 0.25) is 0 Å². The molecule has 8 nitrogen and oxygen atoms in total. The molecule has 0 spiro atoms. The van der Waals surface area contributed by atoms with E-state index in [1.807, 2.05) is 6.07 Å². The van der Waals surface area contributed by atoms with Crippen molar-refractivity contribution in [2.75, 3.05) is 13.2 Å². The van der Waals surface area contributed by atoms with Crippen LogP contribution in [-0.2, 0) is 24.1 Å². The fraction of sp³-hybridized carbons (Fsp3) is 0.312. The van der Waals surface area contributed by atoms with E-state index >= 15 is 0 Å². The Bertz CT molecular complexity index is 643. The third-order valence-corrected chi connectivity index (χ3v) is 2.98. The maximum atomic E-state index is 11.9. The Kier molecular flexibility index (Phi) is 6.47. The Labute approximate surface area is 138 Å². The van der Waals surface area contributed by atoms with Gasteiger partial charge in [-0.15, -0.1) is 5.48 Å². The van der Waals surface area contributed by atoms with Crippen molar-refractivity contribution >= 4 is 17.8 Å². The molecular formula is C16H18N2O6. The van der Waals surface area contributed by atoms with E-state index in [9.17, 15) is 9.59 Å². The van der Waals surface area contributed by atoms with Crippen molar-refractivity contribution in [2.45, 2.75) is 19.5 Å². The Morgan fingerprint density at radius 2 is 2.25 bits per heavy atom. The number of rotatable bonds is 8. The largest absolute Gasteiger partial charge is 0.462 e. The number of hydroxylamine groups is 1. The zero-order valence-electron chi connectivity index (χ0n) is 13.2. The van der Waals surface area contributed by atoms with E-state index in [4.69, 9.17) is 19.3 Å². The van der Waals surface area contributed by atoms with E-state index in [0.717, 1.165) is 11.6 Å². The van der Waals surface area contributed by atoms with E-state index in [-0.39, 0.29) is 19.4 Å². The standard InChI is InChI=1S/C16H18N2O6/c1-3-14(19)21-8-5-9-22-24-16(20)13-7-4-6-12(10-13)15-17-11(2)23-18-15/h3-4,6-7,10,15,18H,1,5,8-9H2,2H3. The highest BCUT2D eigenvalue weighted by Crippen LogP contribution is 2.20. The normalized spacial score (nSPS) is 16.0. The van der Waals surface area contributed by atoms with E-state index in [1.165, 1.54) is 0 Å². The van der Waals surface area contributed by atoms with Gasteiger partial charge < -0.3 is 9.57 Å². The molecule has 0 saturated carbocycles. The topological polar surface area (TPSA) is 95.5 Å². The number of carbonyl (C=O) groups is 2. The lowest BCUT2D eigenvalue weighted by Gasteiger charge is -2.08. The zero-order chi connectivity index (χ0) is 17.4. The highest BCUT2D eigenvalue weighted by molar-refractivity contribution is 5.89. The van der Waals surface area contributed by atoms with E-state index < -0.39 is 11.9 Å². The molecule has 1 unspecified atom stereocenters. The van der Waals surface area contributed by atoms with Gasteiger partial charge in [-0.2, -0.15) is 4.89 Å². The number of benzene rings is 1. The molecule has 1 aromatic carbocycles. The number of nitrogens with zero attached hydrogens (tertiary/aromatic N) is 1. The molecule has 1 aliphatic heterocycles. The molecule has 128 valence electrons. The van der Waals surface area contributed by atoms with Crippen molar-refractivity contribution in [1.29, 1.82) is 0 Å². The van der Waals surface area contributed by atoms with Crippen molar-refractivity contribution < 1.29 is 28.9 Å². The predicted octanol–water partition coefficient (Wildman–Crippen LogP) is 1.85. The number of aliphatic imine (C=N–C) groups is 1. The molecule has 0 saturated heterocycles. The average Bonchev–Trinajstić information content (AvgIpc) is 3.04. The summed E-state index contributed by atoms with van der Waals surface area (Å²) in [4.78, 5) is 41.6. The third kappa shape index (κ3) is 5.18. The van der Waals surface area contributed by atoms with Gasteiger partial charge in [-0.1, -0.05) is 18.7 Å². The number of hydrogen-bond acceptors (Lipinski definition) is 8. The fourth-order valence-corrected chi connectivity index (χ4v) is 1.85. The Balaban J connectivity index is 1.76. The minimum absolute atomic E-state index is 0.108. The minimum atomic E-state index is -0.625. The summed E-state index contributed by atoms with van der Waals surface area (Å²) in [5, 5.41) is 0. The van der Waals surface area contributed by atoms with E-state index in [0.29, 0.717) is 17.9 Å². The summed E-state index contributed by atoms with van der Waals surface area (Å²) in [5.41, 5.74) is 3.82. The Morgan fingerprint density at radius 3 is 2.96 bits per heavy atom. The van der Waals surface area contributed by atoms with Crippen molar-refractivity contribution in [3.05, 3.63) is 48.0 Å². The van der Waals surface area contributed by atoms with E-state index in [1.54, 1.807) is 25.1 Å². The van der Waals surface area contributed by atoms with Crippen LogP contribution in [-0.4, -0.2) is 31.1 Å². The first-order valence-corrected chi connectivity index (χ1v) is 7.30. The SMILES string of the molecule is C=CC(=O)OCCCOOC(=O)c1cccc(C2N=C(C)ON2)c1. The van der Waals surface area contributed by atoms with Crippen molar-refractivity contribution in [3.8, 4) is 0 Å². The highest BCUT2D eigenvalue weighted by Gasteiger charge is 2.19. The second-order valence-electron chi connectivity index (χ2n) is 4.81. The number of esters is 1. The summed E-state index contributed by atoms with van der Waals surface area (Å²) < 4.78 is 4.76. The molecule has 0 radical (unpaired) electrons. The van der Waals surface area contributed by atoms with Crippen LogP contribution in [0.25, 0.3) is 0 Å². The van der Waals surface area contributed by atoms with Crippen LogP contribution >= 0.6 is 0 Å². The van der Waals surface area contributed by atoms with Crippen LogP contribution in [0.1, 0.15) is 35.4 Å². The lowest BCUT2D eigenvalue weighted by Crippen LogP contribution is -2.14. The molecule has 1 aliphatic rings. The summed E-state index contributed by atoms with van der Waals surface area (Å²) in [6.07, 6.45) is 1.10. The average molecular weight is 334 g/mol. The fourth-order valence-electron chi connectivity index (χ4n) is 1.85. The third-order valence-electron chi connectivity index (χ3n) is 2.98. The molecule has 8 heteroatoms. The van der Waals surface area contributed by atoms with Crippen LogP contribution in [0, 0.1) is 0 Å². The van der Waals surface area contributed by atoms with Crippen LogP contribution < -0.4 is 5.48 Å². The van der Waals surface area contributed by atoms with Crippen LogP contribution in [0.15, 0.2) is 41.9 Å². The smallest absolute Gasteiger partial charge is 0.373 e. The predicted molar refractivity (Wildman–Crippen MR) is 83.7 cm³/mol. The van der Waals surface area contributed by atoms with Crippen LogP contribution in [0.4, 0.5) is 0 Å². The maximum Gasteiger partial charge on any atom is 0.373 e. The van der Waals surface area contributed by atoms with Crippen LogP contribution in [0.5, 0.6) is 0 Å². The molecule has 0 amide bonds. The first kappa shape index (κ1) is 17.6. The van der Waals surface area contributed by atoms with Gasteiger partial charge in [0, 0.05) is 19.4 Å². The zero-order valence-corrected chi connectivity index (χ0v) is 13.2. The summed E-state index contributed by atoms with van der Waals surface area (Å²) in [6.45, 7) is 5.27. The maximum absolute atomic E-state index is 11.9. The number of carbonyl (C=O) groups excluding carboxylic acids is 2.